The second-order valence-corrected chi connectivity index (χ2v) is 4.34. The Morgan fingerprint density at radius 1 is 1.14 bits per heavy atom. The van der Waals surface area contributed by atoms with E-state index >= 15 is 0 Å². The highest BCUT2D eigenvalue weighted by Gasteiger charge is 2.05. The van der Waals surface area contributed by atoms with Gasteiger partial charge in [-0.2, -0.15) is 0 Å². The van der Waals surface area contributed by atoms with Gasteiger partial charge >= 0.3 is 0 Å². The minimum absolute atomic E-state index is 0.105. The lowest BCUT2D eigenvalue weighted by Crippen LogP contribution is -2.13. The first-order chi connectivity index (χ1) is 10.2. The number of amides is 1. The van der Waals surface area contributed by atoms with Gasteiger partial charge in [-0.05, 0) is 24.1 Å². The molecular formula is C15H17N3O3. The molecule has 0 aliphatic heterocycles. The predicted octanol–water partition coefficient (Wildman–Crippen LogP) is 2.07. The molecule has 110 valence electrons. The van der Waals surface area contributed by atoms with Crippen LogP contribution in [0.4, 0.5) is 5.82 Å². The van der Waals surface area contributed by atoms with Crippen LogP contribution in [-0.4, -0.2) is 30.1 Å². The molecule has 21 heavy (non-hydrogen) atoms. The van der Waals surface area contributed by atoms with Gasteiger partial charge in [-0.1, -0.05) is 12.1 Å². The Morgan fingerprint density at radius 3 is 2.57 bits per heavy atom. The average Bonchev–Trinajstić information content (AvgIpc) is 2.53. The average molecular weight is 287 g/mol. The fraction of sp³-hybridized carbons (Fsp3) is 0.267. The van der Waals surface area contributed by atoms with Crippen molar-refractivity contribution >= 4 is 11.7 Å². The van der Waals surface area contributed by atoms with Gasteiger partial charge in [0.25, 0.3) is 0 Å². The molecule has 6 heteroatoms. The lowest BCUT2D eigenvalue weighted by molar-refractivity contribution is -0.116. The van der Waals surface area contributed by atoms with Crippen molar-refractivity contribution in [3.63, 3.8) is 0 Å². The van der Waals surface area contributed by atoms with Gasteiger partial charge in [-0.25, -0.2) is 9.97 Å². The number of aromatic nitrogens is 2. The van der Waals surface area contributed by atoms with E-state index in [0.29, 0.717) is 24.5 Å². The van der Waals surface area contributed by atoms with Crippen LogP contribution in [0.25, 0.3) is 0 Å². The molecule has 0 aliphatic rings. The third kappa shape index (κ3) is 4.45. The smallest absolute Gasteiger partial charge is 0.225 e. The highest BCUT2D eigenvalue weighted by molar-refractivity contribution is 5.89. The minimum atomic E-state index is -0.105. The molecule has 0 saturated heterocycles. The zero-order valence-corrected chi connectivity index (χ0v) is 12.0. The van der Waals surface area contributed by atoms with Gasteiger partial charge in [-0.15, -0.1) is 0 Å². The van der Waals surface area contributed by atoms with E-state index in [1.54, 1.807) is 13.2 Å². The maximum atomic E-state index is 11.9. The quantitative estimate of drug-likeness (QED) is 0.880. The summed E-state index contributed by atoms with van der Waals surface area (Å²) in [5, 5.41) is 2.71. The first kappa shape index (κ1) is 14.8. The van der Waals surface area contributed by atoms with E-state index in [1.165, 1.54) is 13.4 Å². The fourth-order valence-corrected chi connectivity index (χ4v) is 1.77. The fourth-order valence-electron chi connectivity index (χ4n) is 1.77. The molecule has 0 radical (unpaired) electrons. The molecule has 6 nitrogen and oxygen atoms in total. The van der Waals surface area contributed by atoms with Gasteiger partial charge in [0.15, 0.2) is 0 Å². The highest BCUT2D eigenvalue weighted by atomic mass is 16.5. The SMILES string of the molecule is COc1ccc(CCC(=O)Nc2cc(OC)ncn2)cc1. The third-order valence-electron chi connectivity index (χ3n) is 2.92. The van der Waals surface area contributed by atoms with Crippen molar-refractivity contribution in [3.8, 4) is 11.6 Å². The summed E-state index contributed by atoms with van der Waals surface area (Å²) >= 11 is 0. The van der Waals surface area contributed by atoms with Gasteiger partial charge in [-0.3, -0.25) is 4.79 Å². The number of hydrogen-bond donors (Lipinski definition) is 1. The summed E-state index contributed by atoms with van der Waals surface area (Å²) in [6, 6.07) is 9.22. The second-order valence-electron chi connectivity index (χ2n) is 4.34. The summed E-state index contributed by atoms with van der Waals surface area (Å²) < 4.78 is 10.1. The number of benzene rings is 1. The van der Waals surface area contributed by atoms with Crippen LogP contribution < -0.4 is 14.8 Å². The van der Waals surface area contributed by atoms with Crippen molar-refractivity contribution in [2.45, 2.75) is 12.8 Å². The van der Waals surface area contributed by atoms with E-state index in [9.17, 15) is 4.79 Å². The Balaban J connectivity index is 1.86. The zero-order chi connectivity index (χ0) is 15.1. The van der Waals surface area contributed by atoms with Gasteiger partial charge in [0, 0.05) is 12.5 Å². The van der Waals surface area contributed by atoms with E-state index in [1.807, 2.05) is 24.3 Å². The molecule has 0 unspecified atom stereocenters. The number of anilines is 1. The molecule has 0 bridgehead atoms. The topological polar surface area (TPSA) is 73.3 Å². The van der Waals surface area contributed by atoms with Crippen molar-refractivity contribution in [1.29, 1.82) is 0 Å². The summed E-state index contributed by atoms with van der Waals surface area (Å²) in [4.78, 5) is 19.7. The number of carbonyl (C=O) groups is 1. The maximum Gasteiger partial charge on any atom is 0.225 e. The van der Waals surface area contributed by atoms with Crippen LogP contribution in [0, 0.1) is 0 Å². The minimum Gasteiger partial charge on any atom is -0.497 e. The Morgan fingerprint density at radius 2 is 1.90 bits per heavy atom. The molecule has 1 N–H and O–H groups in total. The van der Waals surface area contributed by atoms with Crippen LogP contribution in [0.2, 0.25) is 0 Å². The summed E-state index contributed by atoms with van der Waals surface area (Å²) in [6.45, 7) is 0. The lowest BCUT2D eigenvalue weighted by Gasteiger charge is -2.06. The van der Waals surface area contributed by atoms with Crippen molar-refractivity contribution < 1.29 is 14.3 Å². The van der Waals surface area contributed by atoms with Crippen LogP contribution in [0.1, 0.15) is 12.0 Å². The summed E-state index contributed by atoms with van der Waals surface area (Å²) in [5.74, 6) is 1.54. The van der Waals surface area contributed by atoms with E-state index < -0.39 is 0 Å². The number of nitrogens with one attached hydrogen (secondary N) is 1. The number of nitrogens with zero attached hydrogens (tertiary/aromatic N) is 2. The zero-order valence-electron chi connectivity index (χ0n) is 12.0. The Labute approximate surface area is 123 Å². The van der Waals surface area contributed by atoms with E-state index in [2.05, 4.69) is 15.3 Å². The number of methoxy groups -OCH3 is 2. The number of aryl methyl sites for hydroxylation is 1. The number of hydrogen-bond acceptors (Lipinski definition) is 5. The highest BCUT2D eigenvalue weighted by Crippen LogP contribution is 2.14. The number of ether oxygens (including phenoxy) is 2. The van der Waals surface area contributed by atoms with Crippen LogP contribution in [0.15, 0.2) is 36.7 Å². The van der Waals surface area contributed by atoms with E-state index in [4.69, 9.17) is 9.47 Å². The second kappa shape index (κ2) is 7.23. The summed E-state index contributed by atoms with van der Waals surface area (Å²) in [5.41, 5.74) is 1.08. The first-order valence-corrected chi connectivity index (χ1v) is 6.50. The van der Waals surface area contributed by atoms with Crippen molar-refractivity contribution in [2.75, 3.05) is 19.5 Å². The largest absolute Gasteiger partial charge is 0.497 e. The molecule has 1 heterocycles. The molecule has 0 fully saturated rings. The molecule has 0 atom stereocenters. The first-order valence-electron chi connectivity index (χ1n) is 6.50. The normalized spacial score (nSPS) is 10.0. The van der Waals surface area contributed by atoms with Crippen molar-refractivity contribution in [3.05, 3.63) is 42.2 Å². The van der Waals surface area contributed by atoms with Crippen molar-refractivity contribution in [2.24, 2.45) is 0 Å². The molecular weight excluding hydrogens is 270 g/mol. The van der Waals surface area contributed by atoms with Crippen LogP contribution in [-0.2, 0) is 11.2 Å². The van der Waals surface area contributed by atoms with Gasteiger partial charge in [0.05, 0.1) is 14.2 Å². The molecule has 1 amide bonds. The lowest BCUT2D eigenvalue weighted by atomic mass is 10.1. The maximum absolute atomic E-state index is 11.9. The van der Waals surface area contributed by atoms with Crippen LogP contribution in [0.5, 0.6) is 11.6 Å². The molecule has 0 spiro atoms. The Bertz CT molecular complexity index is 599. The van der Waals surface area contributed by atoms with Gasteiger partial charge in [0.1, 0.15) is 17.9 Å². The molecule has 1 aromatic heterocycles. The molecule has 1 aromatic carbocycles. The van der Waals surface area contributed by atoms with Gasteiger partial charge in [0.2, 0.25) is 11.8 Å². The van der Waals surface area contributed by atoms with Crippen molar-refractivity contribution in [1.82, 2.24) is 9.97 Å². The van der Waals surface area contributed by atoms with Crippen LogP contribution >= 0.6 is 0 Å². The molecule has 0 aliphatic carbocycles. The van der Waals surface area contributed by atoms with Gasteiger partial charge < -0.3 is 14.8 Å². The standard InChI is InChI=1S/C15H17N3O3/c1-20-12-6-3-11(4-7-12)5-8-14(19)18-13-9-15(21-2)17-10-16-13/h3-4,6-7,9-10H,5,8H2,1-2H3,(H,16,17,18,19). The number of rotatable bonds is 6. The summed E-state index contributed by atoms with van der Waals surface area (Å²) in [6.07, 6.45) is 2.37. The Kier molecular flexibility index (Phi) is 5.09. The van der Waals surface area contributed by atoms with Crippen LogP contribution in [0.3, 0.4) is 0 Å². The van der Waals surface area contributed by atoms with E-state index in [0.717, 1.165) is 11.3 Å². The molecule has 0 saturated carbocycles. The Hall–Kier alpha value is -2.63. The van der Waals surface area contributed by atoms with E-state index in [-0.39, 0.29) is 5.91 Å². The monoisotopic (exact) mass is 287 g/mol. The summed E-state index contributed by atoms with van der Waals surface area (Å²) in [7, 11) is 3.13. The third-order valence-corrected chi connectivity index (χ3v) is 2.92. The molecule has 2 rings (SSSR count). The molecule has 2 aromatic rings. The number of carbonyl (C=O) groups excluding carboxylic acids is 1. The predicted molar refractivity (Wildman–Crippen MR) is 78.5 cm³/mol.